The first kappa shape index (κ1) is 18.8. The Bertz CT molecular complexity index is 728. The van der Waals surface area contributed by atoms with Crippen molar-refractivity contribution in [2.45, 2.75) is 43.5 Å². The maximum Gasteiger partial charge on any atom is 0.418 e. The zero-order valence-electron chi connectivity index (χ0n) is 13.4. The minimum absolute atomic E-state index is 0.215. The third-order valence-corrected chi connectivity index (χ3v) is 5.48. The summed E-state index contributed by atoms with van der Waals surface area (Å²) in [7, 11) is 0. The minimum Gasteiger partial charge on any atom is -0.321 e. The Morgan fingerprint density at radius 1 is 1.42 bits per heavy atom. The fourth-order valence-electron chi connectivity index (χ4n) is 1.91. The van der Waals surface area contributed by atoms with Crippen LogP contribution in [0.25, 0.3) is 0 Å². The van der Waals surface area contributed by atoms with Crippen LogP contribution in [0.1, 0.15) is 40.5 Å². The van der Waals surface area contributed by atoms with Crippen LogP contribution in [0.4, 0.5) is 18.9 Å². The van der Waals surface area contributed by atoms with E-state index in [2.05, 4.69) is 10.3 Å². The van der Waals surface area contributed by atoms with Gasteiger partial charge in [0.2, 0.25) is 0 Å². The molecule has 130 valence electrons. The zero-order chi connectivity index (χ0) is 17.9. The number of thioether (sulfide) groups is 1. The summed E-state index contributed by atoms with van der Waals surface area (Å²) in [6.07, 6.45) is -2.33. The van der Waals surface area contributed by atoms with E-state index in [-0.39, 0.29) is 15.8 Å². The fourth-order valence-corrected chi connectivity index (χ4v) is 3.54. The second kappa shape index (κ2) is 7.57. The molecule has 24 heavy (non-hydrogen) atoms. The van der Waals surface area contributed by atoms with Crippen molar-refractivity contribution >= 4 is 34.7 Å². The van der Waals surface area contributed by atoms with Crippen LogP contribution >= 0.6 is 23.1 Å². The van der Waals surface area contributed by atoms with Crippen molar-refractivity contribution in [2.75, 3.05) is 5.32 Å². The number of nitrogens with one attached hydrogen (secondary N) is 1. The maximum atomic E-state index is 13.3. The largest absolute Gasteiger partial charge is 0.418 e. The molecule has 2 aromatic rings. The van der Waals surface area contributed by atoms with Gasteiger partial charge < -0.3 is 5.32 Å². The second-order valence-electron chi connectivity index (χ2n) is 5.24. The number of benzene rings is 1. The monoisotopic (exact) mass is 374 g/mol. The minimum atomic E-state index is -4.54. The highest BCUT2D eigenvalue weighted by Gasteiger charge is 2.34. The Kier molecular flexibility index (Phi) is 5.92. The van der Waals surface area contributed by atoms with Crippen molar-refractivity contribution in [3.8, 4) is 0 Å². The van der Waals surface area contributed by atoms with Crippen LogP contribution in [0, 0.1) is 6.92 Å². The molecule has 3 nitrogen and oxygen atoms in total. The van der Waals surface area contributed by atoms with E-state index in [4.69, 9.17) is 0 Å². The summed E-state index contributed by atoms with van der Waals surface area (Å²) in [6, 6.07) is 3.99. The van der Waals surface area contributed by atoms with Crippen molar-refractivity contribution in [2.24, 2.45) is 0 Å². The van der Waals surface area contributed by atoms with Gasteiger partial charge in [-0.2, -0.15) is 13.2 Å². The molecule has 0 saturated heterocycles. The molecular weight excluding hydrogens is 357 g/mol. The van der Waals surface area contributed by atoms with Gasteiger partial charge in [-0.05, 0) is 31.5 Å². The molecule has 0 aliphatic heterocycles. The summed E-state index contributed by atoms with van der Waals surface area (Å²) < 4.78 is 40.0. The lowest BCUT2D eigenvalue weighted by Crippen LogP contribution is -2.16. The molecule has 2 rings (SSSR count). The first-order chi connectivity index (χ1) is 11.2. The van der Waals surface area contributed by atoms with Gasteiger partial charge in [0.1, 0.15) is 4.88 Å². The van der Waals surface area contributed by atoms with Crippen LogP contribution in [0.3, 0.4) is 0 Å². The van der Waals surface area contributed by atoms with Gasteiger partial charge in [-0.25, -0.2) is 4.98 Å². The zero-order valence-corrected chi connectivity index (χ0v) is 15.0. The van der Waals surface area contributed by atoms with Crippen LogP contribution in [0.5, 0.6) is 0 Å². The van der Waals surface area contributed by atoms with Crippen LogP contribution < -0.4 is 5.32 Å². The third kappa shape index (κ3) is 4.73. The normalized spacial score (nSPS) is 12.9. The van der Waals surface area contributed by atoms with Crippen molar-refractivity contribution < 1.29 is 18.0 Å². The Balaban J connectivity index is 2.30. The molecule has 1 heterocycles. The lowest BCUT2D eigenvalue weighted by molar-refractivity contribution is -0.137. The second-order valence-corrected chi connectivity index (χ2v) is 7.99. The number of aromatic nitrogens is 1. The van der Waals surface area contributed by atoms with E-state index in [0.717, 1.165) is 23.8 Å². The molecular formula is C16H17F3N2OS2. The van der Waals surface area contributed by atoms with E-state index in [1.54, 1.807) is 13.0 Å². The first-order valence-electron chi connectivity index (χ1n) is 7.32. The summed E-state index contributed by atoms with van der Waals surface area (Å²) in [4.78, 5) is 16.8. The number of rotatable bonds is 5. The molecule has 1 aromatic heterocycles. The molecule has 0 spiro atoms. The van der Waals surface area contributed by atoms with Gasteiger partial charge in [-0.15, -0.1) is 23.1 Å². The van der Waals surface area contributed by atoms with E-state index in [1.165, 1.54) is 24.0 Å². The van der Waals surface area contributed by atoms with Crippen molar-refractivity contribution in [1.82, 2.24) is 4.98 Å². The fraction of sp³-hybridized carbons (Fsp3) is 0.375. The molecule has 1 amide bonds. The van der Waals surface area contributed by atoms with Gasteiger partial charge >= 0.3 is 6.18 Å². The van der Waals surface area contributed by atoms with E-state index in [9.17, 15) is 18.0 Å². The Morgan fingerprint density at radius 2 is 2.12 bits per heavy atom. The van der Waals surface area contributed by atoms with Crippen LogP contribution in [-0.4, -0.2) is 16.1 Å². The number of alkyl halides is 3. The topological polar surface area (TPSA) is 42.0 Å². The highest BCUT2D eigenvalue weighted by Crippen LogP contribution is 2.38. The molecule has 0 aliphatic carbocycles. The Hall–Kier alpha value is -1.54. The highest BCUT2D eigenvalue weighted by molar-refractivity contribution is 7.99. The summed E-state index contributed by atoms with van der Waals surface area (Å²) in [6.45, 7) is 5.66. The molecule has 1 N–H and O–H groups in total. The smallest absolute Gasteiger partial charge is 0.321 e. The number of carbonyl (C=O) groups is 1. The summed E-state index contributed by atoms with van der Waals surface area (Å²) in [5.41, 5.74) is -1.09. The number of hydrogen-bond acceptors (Lipinski definition) is 4. The van der Waals surface area contributed by atoms with E-state index in [1.807, 2.05) is 13.8 Å². The van der Waals surface area contributed by atoms with E-state index >= 15 is 0 Å². The van der Waals surface area contributed by atoms with Crippen LogP contribution in [-0.2, 0) is 6.18 Å². The van der Waals surface area contributed by atoms with Gasteiger partial charge in [0.15, 0.2) is 0 Å². The lowest BCUT2D eigenvalue weighted by atomic mass is 10.1. The van der Waals surface area contributed by atoms with Gasteiger partial charge in [0, 0.05) is 10.1 Å². The molecule has 0 aliphatic rings. The first-order valence-corrected chi connectivity index (χ1v) is 9.02. The molecule has 0 radical (unpaired) electrons. The molecule has 1 atom stereocenters. The number of amides is 1. The summed E-state index contributed by atoms with van der Waals surface area (Å²) in [5.74, 6) is -0.589. The van der Waals surface area contributed by atoms with Crippen molar-refractivity contribution in [1.29, 1.82) is 0 Å². The third-order valence-electron chi connectivity index (χ3n) is 3.30. The van der Waals surface area contributed by atoms with Crippen molar-refractivity contribution in [3.05, 3.63) is 39.8 Å². The number of aryl methyl sites for hydroxylation is 1. The SMILES string of the molecule is CCC(C)Sc1ccc(NC(=O)c2cnc(C)s2)c(C(F)(F)F)c1. The number of thiazole rings is 1. The Morgan fingerprint density at radius 3 is 2.67 bits per heavy atom. The predicted molar refractivity (Wildman–Crippen MR) is 91.9 cm³/mol. The number of carbonyl (C=O) groups excluding carboxylic acids is 1. The van der Waals surface area contributed by atoms with Crippen molar-refractivity contribution in [3.63, 3.8) is 0 Å². The molecule has 1 aromatic carbocycles. The average Bonchev–Trinajstić information content (AvgIpc) is 2.94. The highest BCUT2D eigenvalue weighted by atomic mass is 32.2. The molecule has 0 fully saturated rings. The van der Waals surface area contributed by atoms with Gasteiger partial charge in [0.25, 0.3) is 5.91 Å². The van der Waals surface area contributed by atoms with E-state index in [0.29, 0.717) is 9.90 Å². The number of anilines is 1. The summed E-state index contributed by atoms with van der Waals surface area (Å²) in [5, 5.41) is 3.24. The molecule has 8 heteroatoms. The lowest BCUT2D eigenvalue weighted by Gasteiger charge is -2.16. The van der Waals surface area contributed by atoms with Crippen LogP contribution in [0.2, 0.25) is 0 Å². The number of halogens is 3. The van der Waals surface area contributed by atoms with Gasteiger partial charge in [0.05, 0.1) is 22.5 Å². The quantitative estimate of drug-likeness (QED) is 0.691. The van der Waals surface area contributed by atoms with Gasteiger partial charge in [-0.3, -0.25) is 4.79 Å². The Labute approximate surface area is 146 Å². The van der Waals surface area contributed by atoms with Gasteiger partial charge in [-0.1, -0.05) is 13.8 Å². The summed E-state index contributed by atoms with van der Waals surface area (Å²) >= 11 is 2.51. The number of hydrogen-bond donors (Lipinski definition) is 1. The van der Waals surface area contributed by atoms with E-state index < -0.39 is 17.6 Å². The predicted octanol–water partition coefficient (Wildman–Crippen LogP) is 5.61. The number of nitrogens with zero attached hydrogens (tertiary/aromatic N) is 1. The maximum absolute atomic E-state index is 13.3. The molecule has 0 bridgehead atoms. The van der Waals surface area contributed by atoms with Crippen LogP contribution in [0.15, 0.2) is 29.3 Å². The molecule has 1 unspecified atom stereocenters. The molecule has 0 saturated carbocycles. The average molecular weight is 374 g/mol. The standard InChI is InChI=1S/C16H17F3N2OS2/c1-4-9(2)23-11-5-6-13(12(7-11)16(17,18)19)21-15(22)14-8-20-10(3)24-14/h5-9H,4H2,1-3H3,(H,21,22).